The van der Waals surface area contributed by atoms with Crippen LogP contribution < -0.4 is 10.6 Å². The number of nitrogens with one attached hydrogen (secondary N) is 3. The minimum absolute atomic E-state index is 0.0218. The van der Waals surface area contributed by atoms with Crippen molar-refractivity contribution >= 4 is 19.4 Å². The van der Waals surface area contributed by atoms with Gasteiger partial charge >= 0.3 is 7.60 Å². The highest BCUT2D eigenvalue weighted by Crippen LogP contribution is 2.38. The van der Waals surface area contributed by atoms with Crippen molar-refractivity contribution in [3.63, 3.8) is 0 Å². The third-order valence-electron chi connectivity index (χ3n) is 7.84. The molecule has 0 bridgehead atoms. The normalized spacial score (nSPS) is 18.3. The van der Waals surface area contributed by atoms with Gasteiger partial charge in [0, 0.05) is 12.6 Å². The van der Waals surface area contributed by atoms with E-state index >= 15 is 0 Å². The molecule has 1 fully saturated rings. The number of nitrogens with zero attached hydrogens (tertiary/aromatic N) is 1. The Hall–Kier alpha value is -2.56. The van der Waals surface area contributed by atoms with Crippen LogP contribution in [0.4, 0.5) is 0 Å². The van der Waals surface area contributed by atoms with Crippen LogP contribution in [-0.4, -0.2) is 72.2 Å². The van der Waals surface area contributed by atoms with Gasteiger partial charge in [0.15, 0.2) is 0 Å². The monoisotopic (exact) mass is 592 g/mol. The molecule has 0 spiro atoms. The number of amides is 2. The Morgan fingerprint density at radius 3 is 2.27 bits per heavy atom. The third-order valence-corrected chi connectivity index (χ3v) is 8.76. The first-order valence-corrected chi connectivity index (χ1v) is 16.3. The molecule has 7 N–H and O–H groups in total. The number of aromatic amines is 1. The lowest BCUT2D eigenvalue weighted by Gasteiger charge is -2.34. The molecule has 1 aliphatic carbocycles. The van der Waals surface area contributed by atoms with Crippen LogP contribution in [0.3, 0.4) is 0 Å². The summed E-state index contributed by atoms with van der Waals surface area (Å²) < 4.78 is 11.9. The maximum absolute atomic E-state index is 13.7. The van der Waals surface area contributed by atoms with Gasteiger partial charge in [0.2, 0.25) is 11.8 Å². The van der Waals surface area contributed by atoms with Crippen molar-refractivity contribution in [1.29, 1.82) is 0 Å². The predicted octanol–water partition coefficient (Wildman–Crippen LogP) is 2.31. The lowest BCUT2D eigenvalue weighted by molar-refractivity contribution is -0.132. The molecule has 2 amide bonds. The van der Waals surface area contributed by atoms with Gasteiger partial charge in [-0.25, -0.2) is 4.98 Å². The molecule has 12 heteroatoms. The fourth-order valence-corrected chi connectivity index (χ4v) is 6.39. The van der Waals surface area contributed by atoms with Crippen molar-refractivity contribution in [2.45, 2.75) is 89.5 Å². The van der Waals surface area contributed by atoms with Crippen LogP contribution >= 0.6 is 7.60 Å². The van der Waals surface area contributed by atoms with Gasteiger partial charge in [-0.05, 0) is 30.2 Å². The SMILES string of the molecule is CC(C)[C@H](O)[C@H](O)[C@H](CC1CCCCC1)NC(=O)[C@H](Cc1c[nH]cn1)NC(=O)[C@H](Cc1ccccc1)CP(=O)(O)O. The molecule has 0 radical (unpaired) electrons. The summed E-state index contributed by atoms with van der Waals surface area (Å²) in [6.07, 6.45) is 5.98. The first kappa shape index (κ1) is 32.9. The summed E-state index contributed by atoms with van der Waals surface area (Å²) in [7, 11) is -4.55. The lowest BCUT2D eigenvalue weighted by Crippen LogP contribution is -2.57. The van der Waals surface area contributed by atoms with Crippen molar-refractivity contribution < 1.29 is 34.2 Å². The van der Waals surface area contributed by atoms with E-state index in [1.54, 1.807) is 50.4 Å². The van der Waals surface area contributed by atoms with Crippen LogP contribution in [0.15, 0.2) is 42.9 Å². The number of rotatable bonds is 15. The molecule has 1 heterocycles. The molecule has 3 rings (SSSR count). The van der Waals surface area contributed by atoms with Crippen molar-refractivity contribution in [2.75, 3.05) is 6.16 Å². The average molecular weight is 593 g/mol. The first-order chi connectivity index (χ1) is 19.4. The Bertz CT molecular complexity index is 1120. The van der Waals surface area contributed by atoms with Gasteiger partial charge in [0.25, 0.3) is 0 Å². The van der Waals surface area contributed by atoms with Crippen LogP contribution in [0.1, 0.15) is 63.6 Å². The van der Waals surface area contributed by atoms with Gasteiger partial charge in [-0.1, -0.05) is 76.3 Å². The summed E-state index contributed by atoms with van der Waals surface area (Å²) in [6, 6.07) is 7.03. The fourth-order valence-electron chi connectivity index (χ4n) is 5.52. The van der Waals surface area contributed by atoms with Gasteiger partial charge in [0.1, 0.15) is 12.1 Å². The average Bonchev–Trinajstić information content (AvgIpc) is 3.44. The number of hydrogen-bond donors (Lipinski definition) is 7. The molecule has 1 aromatic carbocycles. The number of benzene rings is 1. The maximum Gasteiger partial charge on any atom is 0.326 e. The van der Waals surface area contributed by atoms with Gasteiger partial charge in [-0.15, -0.1) is 0 Å². The summed E-state index contributed by atoms with van der Waals surface area (Å²) in [6.45, 7) is 3.59. The summed E-state index contributed by atoms with van der Waals surface area (Å²) >= 11 is 0. The van der Waals surface area contributed by atoms with Crippen molar-refractivity contribution in [2.24, 2.45) is 17.8 Å². The number of aromatic nitrogens is 2. The molecule has 5 atom stereocenters. The molecule has 1 aliphatic rings. The zero-order valence-electron chi connectivity index (χ0n) is 23.9. The Labute approximate surface area is 241 Å². The topological polar surface area (TPSA) is 185 Å². The van der Waals surface area contributed by atoms with E-state index in [-0.39, 0.29) is 18.8 Å². The quantitative estimate of drug-likeness (QED) is 0.154. The number of imidazole rings is 1. The number of carbonyl (C=O) groups excluding carboxylic acids is 2. The summed E-state index contributed by atoms with van der Waals surface area (Å²) in [4.78, 5) is 53.5. The first-order valence-electron chi connectivity index (χ1n) is 14.5. The molecular weight excluding hydrogens is 547 g/mol. The maximum atomic E-state index is 13.7. The van der Waals surface area contributed by atoms with Crippen LogP contribution in [-0.2, 0) is 27.0 Å². The van der Waals surface area contributed by atoms with Crippen LogP contribution in [0.2, 0.25) is 0 Å². The molecular formula is C29H45N4O7P. The van der Waals surface area contributed by atoms with E-state index in [2.05, 4.69) is 20.6 Å². The minimum Gasteiger partial charge on any atom is -0.390 e. The second kappa shape index (κ2) is 15.6. The third kappa shape index (κ3) is 11.0. The summed E-state index contributed by atoms with van der Waals surface area (Å²) in [5, 5.41) is 27.3. The zero-order chi connectivity index (χ0) is 30.0. The molecule has 228 valence electrons. The predicted molar refractivity (Wildman–Crippen MR) is 155 cm³/mol. The standard InChI is InChI=1S/C29H45N4O7P/c1-19(2)26(34)27(35)24(14-21-11-7-4-8-12-21)32-29(37)25(15-23-16-30-18-31-23)33-28(36)22(17-41(38,39)40)13-20-9-5-3-6-10-20/h3,5-6,9-10,16,18-19,21-22,24-27,34-35H,4,7-8,11-15,17H2,1-2H3,(H,30,31)(H,32,37)(H,33,36)(H2,38,39,40)/t22-,24+,25+,26+,27-/m1/s1. The van der Waals surface area contributed by atoms with Gasteiger partial charge in [0.05, 0.1) is 36.2 Å². The van der Waals surface area contributed by atoms with Crippen LogP contribution in [0.25, 0.3) is 0 Å². The van der Waals surface area contributed by atoms with Gasteiger partial charge < -0.3 is 35.6 Å². The van der Waals surface area contributed by atoms with E-state index < -0.39 is 55.8 Å². The Balaban J connectivity index is 1.82. The summed E-state index contributed by atoms with van der Waals surface area (Å²) in [5.74, 6) is -2.26. The summed E-state index contributed by atoms with van der Waals surface area (Å²) in [5.41, 5.74) is 1.24. The highest BCUT2D eigenvalue weighted by Gasteiger charge is 2.35. The highest BCUT2D eigenvalue weighted by molar-refractivity contribution is 7.51. The number of carbonyl (C=O) groups is 2. The number of hydrogen-bond acceptors (Lipinski definition) is 6. The largest absolute Gasteiger partial charge is 0.390 e. The van der Waals surface area contributed by atoms with Crippen LogP contribution in [0, 0.1) is 17.8 Å². The minimum atomic E-state index is -4.55. The van der Waals surface area contributed by atoms with E-state index in [0.717, 1.165) is 37.7 Å². The molecule has 0 unspecified atom stereocenters. The van der Waals surface area contributed by atoms with E-state index in [9.17, 15) is 34.2 Å². The molecule has 1 aromatic heterocycles. The highest BCUT2D eigenvalue weighted by atomic mass is 31.2. The molecule has 41 heavy (non-hydrogen) atoms. The number of H-pyrrole nitrogens is 1. The Kier molecular flexibility index (Phi) is 12.5. The Morgan fingerprint density at radius 2 is 1.68 bits per heavy atom. The number of aliphatic hydroxyl groups is 2. The second-order valence-corrected chi connectivity index (χ2v) is 13.3. The van der Waals surface area contributed by atoms with E-state index in [1.165, 1.54) is 6.33 Å². The van der Waals surface area contributed by atoms with Gasteiger partial charge in [-0.2, -0.15) is 0 Å². The van der Waals surface area contributed by atoms with Crippen molar-refractivity contribution in [1.82, 2.24) is 20.6 Å². The fraction of sp³-hybridized carbons (Fsp3) is 0.621. The molecule has 1 saturated carbocycles. The molecule has 0 aliphatic heterocycles. The van der Waals surface area contributed by atoms with Crippen LogP contribution in [0.5, 0.6) is 0 Å². The smallest absolute Gasteiger partial charge is 0.326 e. The molecule has 2 aromatic rings. The van der Waals surface area contributed by atoms with Crippen molar-refractivity contribution in [3.8, 4) is 0 Å². The van der Waals surface area contributed by atoms with E-state index in [4.69, 9.17) is 0 Å². The molecule has 0 saturated heterocycles. The van der Waals surface area contributed by atoms with E-state index in [0.29, 0.717) is 18.0 Å². The van der Waals surface area contributed by atoms with Gasteiger partial charge in [-0.3, -0.25) is 14.2 Å². The second-order valence-electron chi connectivity index (χ2n) is 11.6. The zero-order valence-corrected chi connectivity index (χ0v) is 24.7. The van der Waals surface area contributed by atoms with Crippen molar-refractivity contribution in [3.05, 3.63) is 54.1 Å². The Morgan fingerprint density at radius 1 is 1.00 bits per heavy atom. The van der Waals surface area contributed by atoms with E-state index in [1.807, 2.05) is 0 Å². The molecule has 11 nitrogen and oxygen atoms in total. The number of aliphatic hydroxyl groups excluding tert-OH is 2. The lowest BCUT2D eigenvalue weighted by atomic mass is 9.82.